The van der Waals surface area contributed by atoms with Crippen LogP contribution in [-0.2, 0) is 4.79 Å². The summed E-state index contributed by atoms with van der Waals surface area (Å²) in [6.07, 6.45) is 1.89. The molecule has 0 saturated heterocycles. The summed E-state index contributed by atoms with van der Waals surface area (Å²) in [4.78, 5) is 25.5. The Kier molecular flexibility index (Phi) is 4.34. The molecule has 0 bridgehead atoms. The van der Waals surface area contributed by atoms with Crippen molar-refractivity contribution in [2.45, 2.75) is 6.42 Å². The standard InChI is InChI=1S/C17H14Br2O5/c1-24-8-2-9-13(11(20)3-8)16(23)14-10(15(9)22)4-17(6-18,7-19)5-12(14)21/h2-4,20,23H,5-7H2,1H3. The van der Waals surface area contributed by atoms with Crippen molar-refractivity contribution in [2.75, 3.05) is 17.8 Å². The Hall–Kier alpha value is -1.60. The smallest absolute Gasteiger partial charge is 0.194 e. The summed E-state index contributed by atoms with van der Waals surface area (Å²) in [5.74, 6) is -1.10. The van der Waals surface area contributed by atoms with Crippen molar-refractivity contribution in [3.8, 4) is 11.5 Å². The zero-order valence-corrected chi connectivity index (χ0v) is 15.9. The van der Waals surface area contributed by atoms with E-state index >= 15 is 0 Å². The van der Waals surface area contributed by atoms with E-state index in [1.54, 1.807) is 6.08 Å². The fourth-order valence-corrected chi connectivity index (χ4v) is 4.70. The normalized spacial score (nSPS) is 18.9. The van der Waals surface area contributed by atoms with Crippen LogP contribution < -0.4 is 4.74 Å². The minimum Gasteiger partial charge on any atom is -0.507 e. The first-order valence-corrected chi connectivity index (χ1v) is 9.39. The van der Waals surface area contributed by atoms with Crippen LogP contribution in [0, 0.1) is 5.41 Å². The van der Waals surface area contributed by atoms with E-state index < -0.39 is 11.2 Å². The van der Waals surface area contributed by atoms with Crippen LogP contribution in [-0.4, -0.2) is 39.5 Å². The van der Waals surface area contributed by atoms with Crippen molar-refractivity contribution < 1.29 is 24.5 Å². The number of aromatic hydroxyl groups is 1. The number of carbonyl (C=O) groups excluding carboxylic acids is 2. The third kappa shape index (κ3) is 2.41. The van der Waals surface area contributed by atoms with Crippen LogP contribution in [0.4, 0.5) is 0 Å². The molecule has 0 unspecified atom stereocenters. The molecule has 1 aromatic carbocycles. The summed E-state index contributed by atoms with van der Waals surface area (Å²) >= 11 is 6.79. The summed E-state index contributed by atoms with van der Waals surface area (Å²) in [7, 11) is 1.42. The Balaban J connectivity index is 2.32. The summed E-state index contributed by atoms with van der Waals surface area (Å²) in [6, 6.07) is 2.75. The molecule has 5 nitrogen and oxygen atoms in total. The number of hydrogen-bond donors (Lipinski definition) is 2. The lowest BCUT2D eigenvalue weighted by Crippen LogP contribution is -2.35. The van der Waals surface area contributed by atoms with Crippen molar-refractivity contribution in [3.63, 3.8) is 0 Å². The number of alkyl halides is 2. The van der Waals surface area contributed by atoms with Gasteiger partial charge in [0, 0.05) is 39.7 Å². The average Bonchev–Trinajstić information content (AvgIpc) is 2.58. The lowest BCUT2D eigenvalue weighted by Gasteiger charge is -2.34. The van der Waals surface area contributed by atoms with Crippen molar-refractivity contribution in [3.05, 3.63) is 40.5 Å². The second-order valence-corrected chi connectivity index (χ2v) is 7.03. The molecule has 2 aliphatic carbocycles. The van der Waals surface area contributed by atoms with E-state index in [0.29, 0.717) is 16.4 Å². The van der Waals surface area contributed by atoms with Crippen LogP contribution >= 0.6 is 31.9 Å². The van der Waals surface area contributed by atoms with E-state index in [0.717, 1.165) is 0 Å². The number of phenolic OH excluding ortho intramolecular Hbond substituents is 1. The molecule has 2 aliphatic rings. The molecule has 0 saturated carbocycles. The van der Waals surface area contributed by atoms with Crippen LogP contribution in [0.5, 0.6) is 11.5 Å². The zero-order chi connectivity index (χ0) is 17.6. The maximum Gasteiger partial charge on any atom is 0.194 e. The molecule has 0 radical (unpaired) electrons. The van der Waals surface area contributed by atoms with Gasteiger partial charge in [0.2, 0.25) is 0 Å². The van der Waals surface area contributed by atoms with Crippen LogP contribution in [0.2, 0.25) is 0 Å². The maximum absolute atomic E-state index is 12.9. The molecular formula is C17H14Br2O5. The minimum atomic E-state index is -0.537. The van der Waals surface area contributed by atoms with E-state index in [9.17, 15) is 19.8 Å². The number of ketones is 2. The van der Waals surface area contributed by atoms with Crippen molar-refractivity contribution >= 4 is 49.2 Å². The average molecular weight is 458 g/mol. The second-order valence-electron chi connectivity index (χ2n) is 5.91. The third-order valence-electron chi connectivity index (χ3n) is 4.33. The molecule has 0 fully saturated rings. The van der Waals surface area contributed by atoms with Gasteiger partial charge in [0.1, 0.15) is 17.3 Å². The van der Waals surface area contributed by atoms with E-state index in [4.69, 9.17) is 4.74 Å². The Bertz CT molecular complexity index is 819. The first-order valence-electron chi connectivity index (χ1n) is 7.15. The van der Waals surface area contributed by atoms with E-state index in [-0.39, 0.29) is 46.0 Å². The monoisotopic (exact) mass is 456 g/mol. The first kappa shape index (κ1) is 17.2. The number of benzene rings is 1. The Morgan fingerprint density at radius 2 is 1.88 bits per heavy atom. The fourth-order valence-electron chi connectivity index (χ4n) is 3.05. The molecule has 2 N–H and O–H groups in total. The minimum absolute atomic E-state index is 0.0218. The molecule has 0 heterocycles. The van der Waals surface area contributed by atoms with Gasteiger partial charge >= 0.3 is 0 Å². The SMILES string of the molecule is COc1cc(O)c2c(c1)C(=O)C1=CC(CBr)(CBr)CC(=O)C1=C2O. The van der Waals surface area contributed by atoms with Gasteiger partial charge in [-0.1, -0.05) is 37.9 Å². The van der Waals surface area contributed by atoms with Gasteiger partial charge in [0.25, 0.3) is 0 Å². The van der Waals surface area contributed by atoms with Crippen LogP contribution in [0.3, 0.4) is 0 Å². The number of phenols is 1. The summed E-state index contributed by atoms with van der Waals surface area (Å²) in [6.45, 7) is 0. The number of carbonyl (C=O) groups is 2. The van der Waals surface area contributed by atoms with Gasteiger partial charge in [-0.2, -0.15) is 0 Å². The Morgan fingerprint density at radius 3 is 2.46 bits per heavy atom. The number of halogens is 2. The molecule has 24 heavy (non-hydrogen) atoms. The van der Waals surface area contributed by atoms with Crippen LogP contribution in [0.1, 0.15) is 22.3 Å². The topological polar surface area (TPSA) is 83.8 Å². The number of fused-ring (bicyclic) bond motifs is 2. The molecule has 3 rings (SSSR count). The number of Topliss-reactive ketones (excluding diaryl/α,β-unsaturated/α-hetero) is 2. The Morgan fingerprint density at radius 1 is 1.21 bits per heavy atom. The third-order valence-corrected chi connectivity index (χ3v) is 6.57. The number of methoxy groups -OCH3 is 1. The van der Waals surface area contributed by atoms with Gasteiger partial charge in [0.15, 0.2) is 11.6 Å². The van der Waals surface area contributed by atoms with E-state index in [2.05, 4.69) is 31.9 Å². The number of aliphatic hydroxyl groups is 1. The molecule has 0 atom stereocenters. The highest BCUT2D eigenvalue weighted by Gasteiger charge is 2.43. The molecule has 1 aromatic rings. The summed E-state index contributed by atoms with van der Waals surface area (Å²) < 4.78 is 5.07. The van der Waals surface area contributed by atoms with Gasteiger partial charge in [-0.25, -0.2) is 0 Å². The molecule has 7 heteroatoms. The van der Waals surface area contributed by atoms with Gasteiger partial charge in [-0.05, 0) is 6.07 Å². The Labute approximate surface area is 155 Å². The number of ether oxygens (including phenoxy) is 1. The van der Waals surface area contributed by atoms with Gasteiger partial charge in [0.05, 0.1) is 18.2 Å². The zero-order valence-electron chi connectivity index (χ0n) is 12.7. The molecule has 0 amide bonds. The maximum atomic E-state index is 12.9. The molecule has 0 aromatic heterocycles. The van der Waals surface area contributed by atoms with Gasteiger partial charge in [-0.15, -0.1) is 0 Å². The number of rotatable bonds is 3. The number of allylic oxidation sites excluding steroid dienone is 3. The summed E-state index contributed by atoms with van der Waals surface area (Å²) in [5, 5.41) is 21.7. The predicted octanol–water partition coefficient (Wildman–Crippen LogP) is 3.54. The molecular weight excluding hydrogens is 444 g/mol. The largest absolute Gasteiger partial charge is 0.507 e. The fraction of sp³-hybridized carbons (Fsp3) is 0.294. The highest BCUT2D eigenvalue weighted by Crippen LogP contribution is 2.46. The lowest BCUT2D eigenvalue weighted by atomic mass is 9.71. The highest BCUT2D eigenvalue weighted by atomic mass is 79.9. The molecule has 126 valence electrons. The predicted molar refractivity (Wildman–Crippen MR) is 96.3 cm³/mol. The van der Waals surface area contributed by atoms with E-state index in [1.165, 1.54) is 19.2 Å². The summed E-state index contributed by atoms with van der Waals surface area (Å²) in [5.41, 5.74) is -0.295. The quantitative estimate of drug-likeness (QED) is 0.678. The van der Waals surface area contributed by atoms with Crippen molar-refractivity contribution in [2.24, 2.45) is 5.41 Å². The van der Waals surface area contributed by atoms with Crippen molar-refractivity contribution in [1.29, 1.82) is 0 Å². The lowest BCUT2D eigenvalue weighted by molar-refractivity contribution is -0.116. The van der Waals surface area contributed by atoms with Crippen LogP contribution in [0.15, 0.2) is 29.4 Å². The van der Waals surface area contributed by atoms with Gasteiger partial charge in [-0.3, -0.25) is 9.59 Å². The number of aliphatic hydroxyl groups excluding tert-OH is 1. The molecule has 0 aliphatic heterocycles. The number of hydrogen-bond acceptors (Lipinski definition) is 5. The second kappa shape index (κ2) is 6.04. The van der Waals surface area contributed by atoms with Gasteiger partial charge < -0.3 is 14.9 Å². The molecule has 0 spiro atoms. The van der Waals surface area contributed by atoms with Crippen molar-refractivity contribution in [1.82, 2.24) is 0 Å². The van der Waals surface area contributed by atoms with E-state index in [1.807, 2.05) is 0 Å². The first-order chi connectivity index (χ1) is 11.4. The highest BCUT2D eigenvalue weighted by molar-refractivity contribution is 9.09. The van der Waals surface area contributed by atoms with Crippen LogP contribution in [0.25, 0.3) is 5.76 Å².